The minimum Gasteiger partial charge on any atom is -0.508 e. The number of carbonyl (C=O) groups is 2. The van der Waals surface area contributed by atoms with E-state index in [1.165, 1.54) is 30.5 Å². The van der Waals surface area contributed by atoms with Crippen LogP contribution >= 0.6 is 0 Å². The molecule has 5 rings (SSSR count). The molecule has 3 N–H and O–H groups in total. The fourth-order valence-corrected chi connectivity index (χ4v) is 4.17. The first-order valence-electron chi connectivity index (χ1n) is 9.98. The molecule has 6 nitrogen and oxygen atoms in total. The van der Waals surface area contributed by atoms with Crippen molar-refractivity contribution in [3.8, 4) is 5.75 Å². The van der Waals surface area contributed by atoms with Gasteiger partial charge in [-0.25, -0.2) is 8.78 Å². The number of fused-ring (bicyclic) bond motifs is 1. The molecule has 0 aliphatic carbocycles. The molecule has 1 aliphatic heterocycles. The van der Waals surface area contributed by atoms with Gasteiger partial charge in [0.15, 0.2) is 0 Å². The fourth-order valence-electron chi connectivity index (χ4n) is 4.17. The third-order valence-corrected chi connectivity index (χ3v) is 5.64. The average molecular weight is 446 g/mol. The van der Waals surface area contributed by atoms with E-state index in [0.29, 0.717) is 10.9 Å². The van der Waals surface area contributed by atoms with Crippen LogP contribution in [-0.2, 0) is 9.59 Å². The summed E-state index contributed by atoms with van der Waals surface area (Å²) in [7, 11) is 0. The molecule has 1 aliphatic rings. The smallest absolute Gasteiger partial charge is 0.300 e. The van der Waals surface area contributed by atoms with E-state index in [0.717, 1.165) is 23.1 Å². The van der Waals surface area contributed by atoms with Crippen molar-refractivity contribution in [2.24, 2.45) is 0 Å². The summed E-state index contributed by atoms with van der Waals surface area (Å²) in [6.07, 6.45) is 1.50. The number of para-hydroxylation sites is 1. The topological polar surface area (TPSA) is 93.6 Å². The Balaban J connectivity index is 1.79. The number of aliphatic hydroxyl groups is 1. The quantitative estimate of drug-likeness (QED) is 0.240. The second-order valence-corrected chi connectivity index (χ2v) is 7.61. The summed E-state index contributed by atoms with van der Waals surface area (Å²) in [5.74, 6) is -4.55. The maximum absolute atomic E-state index is 14.7. The predicted octanol–water partition coefficient (Wildman–Crippen LogP) is 4.78. The van der Waals surface area contributed by atoms with Crippen molar-refractivity contribution in [1.82, 2.24) is 4.98 Å². The Kier molecular flexibility index (Phi) is 4.70. The van der Waals surface area contributed by atoms with Crippen molar-refractivity contribution in [1.29, 1.82) is 0 Å². The zero-order valence-corrected chi connectivity index (χ0v) is 16.9. The number of aromatic nitrogens is 1. The number of aliphatic hydroxyl groups excluding tert-OH is 1. The van der Waals surface area contributed by atoms with E-state index in [-0.39, 0.29) is 22.4 Å². The zero-order chi connectivity index (χ0) is 23.3. The lowest BCUT2D eigenvalue weighted by atomic mass is 9.95. The van der Waals surface area contributed by atoms with Crippen LogP contribution in [0.5, 0.6) is 5.75 Å². The molecule has 0 bridgehead atoms. The van der Waals surface area contributed by atoms with Crippen LogP contribution < -0.4 is 4.90 Å². The molecule has 1 atom stereocenters. The number of hydrogen-bond acceptors (Lipinski definition) is 4. The summed E-state index contributed by atoms with van der Waals surface area (Å²) in [5.41, 5.74) is 0.438. The minimum atomic E-state index is -1.30. The number of benzene rings is 3. The summed E-state index contributed by atoms with van der Waals surface area (Å²) < 4.78 is 28.7. The normalized spacial score (nSPS) is 17.8. The Morgan fingerprint density at radius 1 is 0.970 bits per heavy atom. The summed E-state index contributed by atoms with van der Waals surface area (Å²) >= 11 is 0. The number of amides is 1. The van der Waals surface area contributed by atoms with Gasteiger partial charge in [0.1, 0.15) is 23.1 Å². The van der Waals surface area contributed by atoms with E-state index < -0.39 is 40.8 Å². The molecule has 33 heavy (non-hydrogen) atoms. The first-order valence-corrected chi connectivity index (χ1v) is 9.98. The average Bonchev–Trinajstić information content (AvgIpc) is 3.34. The molecule has 2 heterocycles. The molecule has 1 saturated heterocycles. The number of carbonyl (C=O) groups excluding carboxylic acids is 2. The Labute approximate surface area is 186 Å². The summed E-state index contributed by atoms with van der Waals surface area (Å²) in [6.45, 7) is 0. The molecule has 1 amide bonds. The monoisotopic (exact) mass is 446 g/mol. The number of hydrogen-bond donors (Lipinski definition) is 3. The van der Waals surface area contributed by atoms with Crippen LogP contribution in [0.4, 0.5) is 14.5 Å². The highest BCUT2D eigenvalue weighted by Crippen LogP contribution is 2.44. The van der Waals surface area contributed by atoms with Gasteiger partial charge in [-0.3, -0.25) is 14.5 Å². The van der Waals surface area contributed by atoms with Crippen LogP contribution in [0.2, 0.25) is 0 Å². The van der Waals surface area contributed by atoms with E-state index in [1.807, 2.05) is 0 Å². The summed E-state index contributed by atoms with van der Waals surface area (Å²) in [6, 6.07) is 14.0. The standard InChI is InChI=1S/C25H16F2N2O4/c26-14-8-9-18(27)20(11-14)29-22(13-4-3-5-15(30)10-13)21(24(32)25(29)33)23(31)17-12-28-19-7-2-1-6-16(17)19/h1-12,22,28,30-31H/b23-21-. The molecular formula is C25H16F2N2O4. The van der Waals surface area contributed by atoms with Gasteiger partial charge in [-0.1, -0.05) is 30.3 Å². The molecule has 1 fully saturated rings. The van der Waals surface area contributed by atoms with Crippen molar-refractivity contribution in [3.05, 3.63) is 101 Å². The number of ketones is 1. The first-order chi connectivity index (χ1) is 15.9. The first kappa shape index (κ1) is 20.4. The summed E-state index contributed by atoms with van der Waals surface area (Å²) in [5, 5.41) is 21.8. The largest absolute Gasteiger partial charge is 0.508 e. The van der Waals surface area contributed by atoms with Gasteiger partial charge in [-0.05, 0) is 35.9 Å². The predicted molar refractivity (Wildman–Crippen MR) is 118 cm³/mol. The molecule has 8 heteroatoms. The number of anilines is 1. The van der Waals surface area contributed by atoms with Gasteiger partial charge in [0.05, 0.1) is 17.3 Å². The van der Waals surface area contributed by atoms with Gasteiger partial charge < -0.3 is 15.2 Å². The molecule has 164 valence electrons. The number of nitrogens with zero attached hydrogens (tertiary/aromatic N) is 1. The summed E-state index contributed by atoms with van der Waals surface area (Å²) in [4.78, 5) is 30.0. The van der Waals surface area contributed by atoms with Crippen molar-refractivity contribution in [3.63, 3.8) is 0 Å². The number of H-pyrrole nitrogens is 1. The van der Waals surface area contributed by atoms with Gasteiger partial charge in [0.25, 0.3) is 11.7 Å². The maximum Gasteiger partial charge on any atom is 0.300 e. The minimum absolute atomic E-state index is 0.162. The van der Waals surface area contributed by atoms with E-state index >= 15 is 0 Å². The highest BCUT2D eigenvalue weighted by molar-refractivity contribution is 6.51. The van der Waals surface area contributed by atoms with Gasteiger partial charge >= 0.3 is 0 Å². The molecule has 0 radical (unpaired) electrons. The van der Waals surface area contributed by atoms with Crippen molar-refractivity contribution in [2.75, 3.05) is 4.90 Å². The lowest BCUT2D eigenvalue weighted by molar-refractivity contribution is -0.132. The van der Waals surface area contributed by atoms with Gasteiger partial charge in [0, 0.05) is 28.7 Å². The van der Waals surface area contributed by atoms with E-state index in [9.17, 15) is 28.6 Å². The Bertz CT molecular complexity index is 1470. The van der Waals surface area contributed by atoms with Crippen molar-refractivity contribution in [2.45, 2.75) is 6.04 Å². The van der Waals surface area contributed by atoms with Crippen molar-refractivity contribution < 1.29 is 28.6 Å². The van der Waals surface area contributed by atoms with Gasteiger partial charge in [0.2, 0.25) is 0 Å². The number of aromatic hydroxyl groups is 1. The number of phenols is 1. The van der Waals surface area contributed by atoms with Gasteiger partial charge in [-0.2, -0.15) is 0 Å². The van der Waals surface area contributed by atoms with Crippen molar-refractivity contribution >= 4 is 34.0 Å². The number of rotatable bonds is 3. The third-order valence-electron chi connectivity index (χ3n) is 5.64. The number of Topliss-reactive ketones (excluding diaryl/α,β-unsaturated/α-hetero) is 1. The molecular weight excluding hydrogens is 430 g/mol. The maximum atomic E-state index is 14.7. The lowest BCUT2D eigenvalue weighted by Crippen LogP contribution is -2.30. The van der Waals surface area contributed by atoms with E-state index in [2.05, 4.69) is 4.98 Å². The molecule has 0 saturated carbocycles. The number of halogens is 2. The van der Waals surface area contributed by atoms with Crippen LogP contribution in [0.1, 0.15) is 17.2 Å². The fraction of sp³-hybridized carbons (Fsp3) is 0.0400. The lowest BCUT2D eigenvalue weighted by Gasteiger charge is -2.25. The zero-order valence-electron chi connectivity index (χ0n) is 16.9. The van der Waals surface area contributed by atoms with Crippen LogP contribution in [0.15, 0.2) is 78.5 Å². The third kappa shape index (κ3) is 3.23. The Morgan fingerprint density at radius 2 is 1.76 bits per heavy atom. The number of nitrogens with one attached hydrogen (secondary N) is 1. The number of aromatic amines is 1. The molecule has 3 aromatic carbocycles. The Morgan fingerprint density at radius 3 is 2.55 bits per heavy atom. The highest BCUT2D eigenvalue weighted by Gasteiger charge is 2.48. The SMILES string of the molecule is O=C1C(=O)N(c2cc(F)ccc2F)C(c2cccc(O)c2)/C1=C(/O)c1c[nH]c2ccccc12. The molecule has 4 aromatic rings. The van der Waals surface area contributed by atoms with Crippen LogP contribution in [0.3, 0.4) is 0 Å². The second-order valence-electron chi connectivity index (χ2n) is 7.61. The van der Waals surface area contributed by atoms with E-state index in [4.69, 9.17) is 0 Å². The van der Waals surface area contributed by atoms with Gasteiger partial charge in [-0.15, -0.1) is 0 Å². The van der Waals surface area contributed by atoms with Crippen LogP contribution in [0, 0.1) is 11.6 Å². The van der Waals surface area contributed by atoms with Crippen LogP contribution in [-0.4, -0.2) is 26.9 Å². The van der Waals surface area contributed by atoms with Crippen LogP contribution in [0.25, 0.3) is 16.7 Å². The molecule has 0 spiro atoms. The second kappa shape index (κ2) is 7.59. The Hall–Kier alpha value is -4.46. The number of phenolic OH excluding ortho intramolecular Hbond substituents is 1. The van der Waals surface area contributed by atoms with E-state index in [1.54, 1.807) is 24.3 Å². The molecule has 1 unspecified atom stereocenters. The molecule has 1 aromatic heterocycles. The highest BCUT2D eigenvalue weighted by atomic mass is 19.1.